The van der Waals surface area contributed by atoms with Crippen molar-refractivity contribution in [2.24, 2.45) is 5.73 Å². The lowest BCUT2D eigenvalue weighted by Crippen LogP contribution is -2.08. The summed E-state index contributed by atoms with van der Waals surface area (Å²) < 4.78 is 1.82. The summed E-state index contributed by atoms with van der Waals surface area (Å²) in [5, 5.41) is 11.1. The lowest BCUT2D eigenvalue weighted by molar-refractivity contribution is -0.384. The first-order valence-electron chi connectivity index (χ1n) is 5.75. The molecule has 2 aromatic rings. The second kappa shape index (κ2) is 5.01. The van der Waals surface area contributed by atoms with Crippen LogP contribution in [0.15, 0.2) is 36.5 Å². The highest BCUT2D eigenvalue weighted by Crippen LogP contribution is 2.25. The average Bonchev–Trinajstić information content (AvgIpc) is 2.77. The number of nitro benzene ring substituents is 1. The Morgan fingerprint density at radius 2 is 2.17 bits per heavy atom. The number of rotatable bonds is 4. The number of hydrogen-bond acceptors (Lipinski definition) is 3. The Morgan fingerprint density at radius 1 is 1.39 bits per heavy atom. The van der Waals surface area contributed by atoms with Crippen LogP contribution in [-0.2, 0) is 6.42 Å². The summed E-state index contributed by atoms with van der Waals surface area (Å²) in [4.78, 5) is 10.8. The zero-order valence-corrected chi connectivity index (χ0v) is 10.2. The molecule has 18 heavy (non-hydrogen) atoms. The summed E-state index contributed by atoms with van der Waals surface area (Å²) in [5.74, 6) is 0. The standard InChI is InChI=1S/C13H15N3O2/c1-10-4-5-12(13(9-10)16(17)18)15-8-2-3-11(15)6-7-14/h2-5,8-9H,6-7,14H2,1H3. The van der Waals surface area contributed by atoms with E-state index < -0.39 is 0 Å². The van der Waals surface area contributed by atoms with Crippen LogP contribution >= 0.6 is 0 Å². The maximum Gasteiger partial charge on any atom is 0.293 e. The second-order valence-corrected chi connectivity index (χ2v) is 4.16. The molecule has 0 fully saturated rings. The zero-order valence-electron chi connectivity index (χ0n) is 10.2. The van der Waals surface area contributed by atoms with Crippen molar-refractivity contribution in [3.05, 3.63) is 57.9 Å². The van der Waals surface area contributed by atoms with Gasteiger partial charge in [-0.05, 0) is 37.2 Å². The van der Waals surface area contributed by atoms with Gasteiger partial charge < -0.3 is 10.3 Å². The van der Waals surface area contributed by atoms with Crippen LogP contribution < -0.4 is 5.73 Å². The molecule has 1 aromatic carbocycles. The Labute approximate surface area is 105 Å². The van der Waals surface area contributed by atoms with Crippen molar-refractivity contribution >= 4 is 5.69 Å². The molecule has 0 saturated heterocycles. The third-order valence-corrected chi connectivity index (χ3v) is 2.82. The van der Waals surface area contributed by atoms with E-state index >= 15 is 0 Å². The van der Waals surface area contributed by atoms with Gasteiger partial charge in [0.2, 0.25) is 0 Å². The summed E-state index contributed by atoms with van der Waals surface area (Å²) in [7, 11) is 0. The Balaban J connectivity index is 2.56. The third kappa shape index (κ3) is 2.26. The van der Waals surface area contributed by atoms with Crippen LogP contribution in [0.3, 0.4) is 0 Å². The fourth-order valence-corrected chi connectivity index (χ4v) is 1.99. The van der Waals surface area contributed by atoms with Gasteiger partial charge in [-0.1, -0.05) is 6.07 Å². The summed E-state index contributed by atoms with van der Waals surface area (Å²) in [5.41, 5.74) is 8.09. The van der Waals surface area contributed by atoms with Crippen molar-refractivity contribution in [3.63, 3.8) is 0 Å². The van der Waals surface area contributed by atoms with Gasteiger partial charge in [-0.3, -0.25) is 10.1 Å². The molecule has 0 spiro atoms. The van der Waals surface area contributed by atoms with E-state index in [9.17, 15) is 10.1 Å². The molecule has 5 heteroatoms. The molecular formula is C13H15N3O2. The normalized spacial score (nSPS) is 10.6. The predicted octanol–water partition coefficient (Wildman–Crippen LogP) is 2.20. The van der Waals surface area contributed by atoms with E-state index in [1.165, 1.54) is 0 Å². The Hall–Kier alpha value is -2.14. The van der Waals surface area contributed by atoms with E-state index in [1.54, 1.807) is 12.1 Å². The van der Waals surface area contributed by atoms with Crippen LogP contribution in [-0.4, -0.2) is 16.0 Å². The van der Waals surface area contributed by atoms with Crippen molar-refractivity contribution in [1.29, 1.82) is 0 Å². The highest BCUT2D eigenvalue weighted by Gasteiger charge is 2.16. The fraction of sp³-hybridized carbons (Fsp3) is 0.231. The van der Waals surface area contributed by atoms with Gasteiger partial charge >= 0.3 is 0 Å². The van der Waals surface area contributed by atoms with E-state index in [0.717, 1.165) is 11.3 Å². The summed E-state index contributed by atoms with van der Waals surface area (Å²) >= 11 is 0. The highest BCUT2D eigenvalue weighted by atomic mass is 16.6. The summed E-state index contributed by atoms with van der Waals surface area (Å²) in [6.07, 6.45) is 2.51. The first-order chi connectivity index (χ1) is 8.63. The van der Waals surface area contributed by atoms with E-state index in [-0.39, 0.29) is 10.6 Å². The summed E-state index contributed by atoms with van der Waals surface area (Å²) in [6.45, 7) is 2.36. The lowest BCUT2D eigenvalue weighted by Gasteiger charge is -2.09. The minimum Gasteiger partial charge on any atom is -0.330 e. The molecule has 0 unspecified atom stereocenters. The SMILES string of the molecule is Cc1ccc(-n2cccc2CCN)c([N+](=O)[O-])c1. The smallest absolute Gasteiger partial charge is 0.293 e. The van der Waals surface area contributed by atoms with Crippen LogP contribution in [0.1, 0.15) is 11.3 Å². The minimum atomic E-state index is -0.353. The van der Waals surface area contributed by atoms with Gasteiger partial charge in [0.15, 0.2) is 0 Å². The molecular weight excluding hydrogens is 230 g/mol. The van der Waals surface area contributed by atoms with Gasteiger partial charge in [0.25, 0.3) is 5.69 Å². The molecule has 2 rings (SSSR count). The first-order valence-corrected chi connectivity index (χ1v) is 5.75. The van der Waals surface area contributed by atoms with Crippen LogP contribution in [0.5, 0.6) is 0 Å². The molecule has 1 aromatic heterocycles. The van der Waals surface area contributed by atoms with Gasteiger partial charge in [0.05, 0.1) is 4.92 Å². The van der Waals surface area contributed by atoms with Crippen molar-refractivity contribution in [3.8, 4) is 5.69 Å². The summed E-state index contributed by atoms with van der Waals surface area (Å²) in [6, 6.07) is 9.02. The fourth-order valence-electron chi connectivity index (χ4n) is 1.99. The molecule has 0 radical (unpaired) electrons. The number of hydrogen-bond donors (Lipinski definition) is 1. The zero-order chi connectivity index (χ0) is 13.1. The first kappa shape index (κ1) is 12.3. The van der Waals surface area contributed by atoms with E-state index in [1.807, 2.05) is 35.9 Å². The molecule has 0 aliphatic rings. The van der Waals surface area contributed by atoms with Crippen LogP contribution in [0.4, 0.5) is 5.69 Å². The monoisotopic (exact) mass is 245 g/mol. The van der Waals surface area contributed by atoms with Crippen LogP contribution in [0.2, 0.25) is 0 Å². The van der Waals surface area contributed by atoms with Gasteiger partial charge in [0.1, 0.15) is 5.69 Å². The van der Waals surface area contributed by atoms with Crippen LogP contribution in [0, 0.1) is 17.0 Å². The number of nitro groups is 1. The topological polar surface area (TPSA) is 74.1 Å². The number of benzene rings is 1. The van der Waals surface area contributed by atoms with E-state index in [4.69, 9.17) is 5.73 Å². The van der Waals surface area contributed by atoms with Crippen molar-refractivity contribution in [2.45, 2.75) is 13.3 Å². The number of nitrogens with zero attached hydrogens (tertiary/aromatic N) is 2. The average molecular weight is 245 g/mol. The van der Waals surface area contributed by atoms with Crippen molar-refractivity contribution in [2.75, 3.05) is 6.54 Å². The van der Waals surface area contributed by atoms with Crippen molar-refractivity contribution < 1.29 is 4.92 Å². The maximum atomic E-state index is 11.1. The molecule has 0 amide bonds. The van der Waals surface area contributed by atoms with Gasteiger partial charge in [-0.2, -0.15) is 0 Å². The lowest BCUT2D eigenvalue weighted by atomic mass is 10.2. The van der Waals surface area contributed by atoms with Crippen molar-refractivity contribution in [1.82, 2.24) is 4.57 Å². The Kier molecular flexibility index (Phi) is 3.43. The maximum absolute atomic E-state index is 11.1. The number of aromatic nitrogens is 1. The third-order valence-electron chi connectivity index (χ3n) is 2.82. The molecule has 0 aliphatic heterocycles. The number of nitrogens with two attached hydrogens (primary N) is 1. The highest BCUT2D eigenvalue weighted by molar-refractivity contribution is 5.55. The Bertz CT molecular complexity index is 575. The van der Waals surface area contributed by atoms with E-state index in [0.29, 0.717) is 18.7 Å². The minimum absolute atomic E-state index is 0.115. The molecule has 2 N–H and O–H groups in total. The molecule has 0 saturated carbocycles. The predicted molar refractivity (Wildman–Crippen MR) is 69.9 cm³/mol. The Morgan fingerprint density at radius 3 is 2.83 bits per heavy atom. The second-order valence-electron chi connectivity index (χ2n) is 4.16. The van der Waals surface area contributed by atoms with E-state index in [2.05, 4.69) is 0 Å². The molecule has 5 nitrogen and oxygen atoms in total. The van der Waals surface area contributed by atoms with Gasteiger partial charge in [0, 0.05) is 24.4 Å². The molecule has 0 bridgehead atoms. The number of aryl methyl sites for hydroxylation is 1. The van der Waals surface area contributed by atoms with Gasteiger partial charge in [-0.15, -0.1) is 0 Å². The molecule has 94 valence electrons. The van der Waals surface area contributed by atoms with Gasteiger partial charge in [-0.25, -0.2) is 0 Å². The quantitative estimate of drug-likeness (QED) is 0.662. The largest absolute Gasteiger partial charge is 0.330 e. The molecule has 0 aliphatic carbocycles. The van der Waals surface area contributed by atoms with Crippen LogP contribution in [0.25, 0.3) is 5.69 Å². The molecule has 1 heterocycles. The molecule has 0 atom stereocenters.